The molecule has 2 N–H and O–H groups in total. The first-order valence-electron chi connectivity index (χ1n) is 5.92. The second kappa shape index (κ2) is 4.93. The summed E-state index contributed by atoms with van der Waals surface area (Å²) in [5.41, 5.74) is 10.2. The molecule has 3 rings (SSSR count). The summed E-state index contributed by atoms with van der Waals surface area (Å²) in [6.45, 7) is 2.05. The number of hydrogen-bond donors (Lipinski definition) is 1. The number of pyridine rings is 1. The van der Waals surface area contributed by atoms with Crippen molar-refractivity contribution in [1.82, 2.24) is 9.97 Å². The van der Waals surface area contributed by atoms with Crippen molar-refractivity contribution in [2.45, 2.75) is 17.9 Å². The first kappa shape index (κ1) is 12.0. The van der Waals surface area contributed by atoms with Crippen LogP contribution in [0.25, 0.3) is 11.1 Å². The van der Waals surface area contributed by atoms with Gasteiger partial charge < -0.3 is 10.2 Å². The minimum absolute atomic E-state index is 0.644. The number of hydrogen-bond acceptors (Lipinski definition) is 5. The van der Waals surface area contributed by atoms with Gasteiger partial charge in [0.2, 0.25) is 0 Å². The summed E-state index contributed by atoms with van der Waals surface area (Å²) < 4.78 is 5.65. The Bertz CT molecular complexity index is 724. The second-order valence-corrected chi connectivity index (χ2v) is 5.19. The number of oxazole rings is 1. The molecule has 0 aliphatic carbocycles. The van der Waals surface area contributed by atoms with E-state index in [2.05, 4.69) is 23.0 Å². The first-order valence-corrected chi connectivity index (χ1v) is 6.90. The van der Waals surface area contributed by atoms with Crippen LogP contribution < -0.4 is 5.73 Å². The van der Waals surface area contributed by atoms with Gasteiger partial charge in [-0.15, -0.1) is 0 Å². The van der Waals surface area contributed by atoms with E-state index in [4.69, 9.17) is 10.2 Å². The lowest BCUT2D eigenvalue weighted by Crippen LogP contribution is -1.90. The number of aromatic nitrogens is 2. The van der Waals surface area contributed by atoms with Crippen LogP contribution in [0.5, 0.6) is 0 Å². The van der Waals surface area contributed by atoms with Gasteiger partial charge in [-0.3, -0.25) is 4.98 Å². The maximum atomic E-state index is 5.72. The van der Waals surface area contributed by atoms with E-state index in [0.717, 1.165) is 22.5 Å². The molecule has 1 aromatic carbocycles. The highest BCUT2D eigenvalue weighted by molar-refractivity contribution is 7.98. The lowest BCUT2D eigenvalue weighted by molar-refractivity contribution is 0.489. The molecule has 0 spiro atoms. The van der Waals surface area contributed by atoms with Crippen LogP contribution in [0.1, 0.15) is 11.3 Å². The average Bonchev–Trinajstić information content (AvgIpc) is 2.79. The number of aryl methyl sites for hydroxylation is 1. The molecule has 5 heteroatoms. The molecule has 0 bridgehead atoms. The third-order valence-electron chi connectivity index (χ3n) is 2.84. The van der Waals surface area contributed by atoms with Gasteiger partial charge in [-0.2, -0.15) is 0 Å². The second-order valence-electron chi connectivity index (χ2n) is 4.26. The van der Waals surface area contributed by atoms with E-state index in [0.29, 0.717) is 10.9 Å². The molecule has 0 fully saturated rings. The molecule has 0 aliphatic rings. The molecule has 2 aromatic heterocycles. The maximum Gasteiger partial charge on any atom is 0.257 e. The molecule has 0 radical (unpaired) electrons. The lowest BCUT2D eigenvalue weighted by Gasteiger charge is -2.00. The molecule has 0 saturated carbocycles. The molecule has 0 unspecified atom stereocenters. The zero-order valence-corrected chi connectivity index (χ0v) is 11.3. The van der Waals surface area contributed by atoms with Gasteiger partial charge in [-0.1, -0.05) is 17.8 Å². The van der Waals surface area contributed by atoms with Crippen LogP contribution in [0, 0.1) is 6.92 Å². The molecule has 2 heterocycles. The van der Waals surface area contributed by atoms with E-state index in [1.165, 1.54) is 17.3 Å². The standard InChI is InChI=1S/C14H13N3OS/c1-9-3-2-6-16-12(9)8-19-14-17-11-7-10(15)4-5-13(11)18-14/h2-7H,8,15H2,1H3. The number of rotatable bonds is 3. The molecule has 3 aromatic rings. The Morgan fingerprint density at radius 1 is 1.32 bits per heavy atom. The van der Waals surface area contributed by atoms with Crippen LogP contribution in [0.3, 0.4) is 0 Å². The number of nitrogens with two attached hydrogens (primary N) is 1. The van der Waals surface area contributed by atoms with Crippen molar-refractivity contribution >= 4 is 28.5 Å². The zero-order chi connectivity index (χ0) is 13.2. The normalized spacial score (nSPS) is 11.0. The van der Waals surface area contributed by atoms with Gasteiger partial charge in [0.25, 0.3) is 5.22 Å². The molecule has 0 amide bonds. The summed E-state index contributed by atoms with van der Waals surface area (Å²) in [5.74, 6) is 0.745. The minimum atomic E-state index is 0.644. The van der Waals surface area contributed by atoms with Crippen LogP contribution in [0.2, 0.25) is 0 Å². The quantitative estimate of drug-likeness (QED) is 0.584. The molecule has 0 aliphatic heterocycles. The van der Waals surface area contributed by atoms with Crippen LogP contribution in [0.15, 0.2) is 46.2 Å². The number of benzene rings is 1. The number of nitrogen functional groups attached to an aromatic ring is 1. The van der Waals surface area contributed by atoms with Gasteiger partial charge in [0.05, 0.1) is 5.69 Å². The van der Waals surface area contributed by atoms with Crippen molar-refractivity contribution < 1.29 is 4.42 Å². The number of nitrogens with zero attached hydrogens (tertiary/aromatic N) is 2. The van der Waals surface area contributed by atoms with E-state index in [1.807, 2.05) is 24.3 Å². The lowest BCUT2D eigenvalue weighted by atomic mass is 10.2. The molecule has 0 saturated heterocycles. The summed E-state index contributed by atoms with van der Waals surface area (Å²) >= 11 is 1.54. The van der Waals surface area contributed by atoms with E-state index in [-0.39, 0.29) is 0 Å². The van der Waals surface area contributed by atoms with E-state index in [1.54, 1.807) is 6.20 Å². The fourth-order valence-electron chi connectivity index (χ4n) is 1.78. The van der Waals surface area contributed by atoms with Gasteiger partial charge in [-0.25, -0.2) is 4.98 Å². The topological polar surface area (TPSA) is 64.9 Å². The van der Waals surface area contributed by atoms with Crippen molar-refractivity contribution in [3.63, 3.8) is 0 Å². The van der Waals surface area contributed by atoms with Gasteiger partial charge in [0.1, 0.15) is 5.52 Å². The Hall–Kier alpha value is -2.01. The van der Waals surface area contributed by atoms with Crippen LogP contribution >= 0.6 is 11.8 Å². The Balaban J connectivity index is 1.80. The van der Waals surface area contributed by atoms with Gasteiger partial charge in [-0.05, 0) is 36.8 Å². The average molecular weight is 271 g/mol. The largest absolute Gasteiger partial charge is 0.431 e. The van der Waals surface area contributed by atoms with Crippen LogP contribution in [-0.2, 0) is 5.75 Å². The molecular formula is C14H13N3OS. The smallest absolute Gasteiger partial charge is 0.257 e. The van der Waals surface area contributed by atoms with Crippen LogP contribution in [0.4, 0.5) is 5.69 Å². The van der Waals surface area contributed by atoms with Crippen molar-refractivity contribution in [2.75, 3.05) is 5.73 Å². The van der Waals surface area contributed by atoms with Gasteiger partial charge in [0.15, 0.2) is 5.58 Å². The van der Waals surface area contributed by atoms with Crippen molar-refractivity contribution in [3.05, 3.63) is 47.8 Å². The van der Waals surface area contributed by atoms with Gasteiger partial charge >= 0.3 is 0 Å². The SMILES string of the molecule is Cc1cccnc1CSc1nc2cc(N)ccc2o1. The highest BCUT2D eigenvalue weighted by atomic mass is 32.2. The third-order valence-corrected chi connectivity index (χ3v) is 3.68. The maximum absolute atomic E-state index is 5.72. The molecular weight excluding hydrogens is 258 g/mol. The summed E-state index contributed by atoms with van der Waals surface area (Å²) in [4.78, 5) is 8.76. The van der Waals surface area contributed by atoms with Crippen molar-refractivity contribution in [2.24, 2.45) is 0 Å². The summed E-state index contributed by atoms with van der Waals surface area (Å²) in [6.07, 6.45) is 1.80. The van der Waals surface area contributed by atoms with Crippen molar-refractivity contribution in [3.8, 4) is 0 Å². The van der Waals surface area contributed by atoms with Crippen LogP contribution in [-0.4, -0.2) is 9.97 Å². The molecule has 19 heavy (non-hydrogen) atoms. The molecule has 0 atom stereocenters. The molecule has 4 nitrogen and oxygen atoms in total. The van der Waals surface area contributed by atoms with E-state index in [9.17, 15) is 0 Å². The number of thioether (sulfide) groups is 1. The Morgan fingerprint density at radius 2 is 2.21 bits per heavy atom. The minimum Gasteiger partial charge on any atom is -0.431 e. The van der Waals surface area contributed by atoms with E-state index >= 15 is 0 Å². The predicted octanol–water partition coefficient (Wildman–Crippen LogP) is 3.41. The Morgan fingerprint density at radius 3 is 3.05 bits per heavy atom. The fourth-order valence-corrected chi connectivity index (χ4v) is 2.66. The zero-order valence-electron chi connectivity index (χ0n) is 10.5. The third kappa shape index (κ3) is 2.56. The highest BCUT2D eigenvalue weighted by Gasteiger charge is 2.08. The predicted molar refractivity (Wildman–Crippen MR) is 77.0 cm³/mol. The van der Waals surface area contributed by atoms with Crippen molar-refractivity contribution in [1.29, 1.82) is 0 Å². The summed E-state index contributed by atoms with van der Waals surface area (Å²) in [7, 11) is 0. The molecule has 96 valence electrons. The Labute approximate surface area is 115 Å². The van der Waals surface area contributed by atoms with E-state index < -0.39 is 0 Å². The highest BCUT2D eigenvalue weighted by Crippen LogP contribution is 2.27. The summed E-state index contributed by atoms with van der Waals surface area (Å²) in [5, 5.41) is 0.644. The Kier molecular flexibility index (Phi) is 3.13. The monoisotopic (exact) mass is 271 g/mol. The number of fused-ring (bicyclic) bond motifs is 1. The number of anilines is 1. The first-order chi connectivity index (χ1) is 9.22. The van der Waals surface area contributed by atoms with Gasteiger partial charge in [0, 0.05) is 17.6 Å². The fraction of sp³-hybridized carbons (Fsp3) is 0.143. The summed E-state index contributed by atoms with van der Waals surface area (Å²) in [6, 6.07) is 9.45.